The van der Waals surface area contributed by atoms with Gasteiger partial charge in [-0.2, -0.15) is 0 Å². The second kappa shape index (κ2) is 5.78. The lowest BCUT2D eigenvalue weighted by Crippen LogP contribution is -2.28. The maximum atomic E-state index is 12.0. The van der Waals surface area contributed by atoms with Gasteiger partial charge in [0, 0.05) is 29.6 Å². The predicted molar refractivity (Wildman–Crippen MR) is 78.5 cm³/mol. The van der Waals surface area contributed by atoms with Crippen molar-refractivity contribution in [3.63, 3.8) is 0 Å². The first-order valence-electron chi connectivity index (χ1n) is 6.55. The van der Waals surface area contributed by atoms with E-state index in [0.717, 1.165) is 11.3 Å². The van der Waals surface area contributed by atoms with Crippen LogP contribution in [0.25, 0.3) is 0 Å². The molecule has 0 unspecified atom stereocenters. The van der Waals surface area contributed by atoms with Crippen molar-refractivity contribution in [2.75, 3.05) is 0 Å². The van der Waals surface area contributed by atoms with Crippen LogP contribution in [0.15, 0.2) is 23.1 Å². The zero-order valence-electron chi connectivity index (χ0n) is 12.2. The third kappa shape index (κ3) is 3.28. The maximum Gasteiger partial charge on any atom is 0.267 e. The molecule has 110 valence electrons. The lowest BCUT2D eigenvalue weighted by Gasteiger charge is -2.07. The Morgan fingerprint density at radius 3 is 2.52 bits per heavy atom. The van der Waals surface area contributed by atoms with Gasteiger partial charge in [0.05, 0.1) is 0 Å². The summed E-state index contributed by atoms with van der Waals surface area (Å²) >= 11 is 0. The zero-order valence-corrected chi connectivity index (χ0v) is 12.2. The van der Waals surface area contributed by atoms with Crippen molar-refractivity contribution in [2.45, 2.75) is 27.3 Å². The molecule has 2 aromatic heterocycles. The molecule has 0 radical (unpaired) electrons. The molecule has 2 aromatic rings. The quantitative estimate of drug-likeness (QED) is 0.743. The third-order valence-corrected chi connectivity index (χ3v) is 3.25. The number of carbonyl (C=O) groups excluding carboxylic acids is 2. The van der Waals surface area contributed by atoms with E-state index in [1.54, 1.807) is 6.92 Å². The molecule has 0 spiro atoms. The Morgan fingerprint density at radius 1 is 1.24 bits per heavy atom. The smallest absolute Gasteiger partial charge is 0.267 e. The number of rotatable bonds is 4. The van der Waals surface area contributed by atoms with Gasteiger partial charge >= 0.3 is 0 Å². The third-order valence-electron chi connectivity index (χ3n) is 3.25. The number of aromatic nitrogens is 2. The van der Waals surface area contributed by atoms with Crippen LogP contribution < -0.4 is 10.9 Å². The number of ketones is 1. The molecule has 6 heteroatoms. The summed E-state index contributed by atoms with van der Waals surface area (Å²) in [4.78, 5) is 40.5. The molecule has 0 bridgehead atoms. The van der Waals surface area contributed by atoms with E-state index in [1.807, 2.05) is 13.0 Å². The minimum atomic E-state index is -0.359. The second-order valence-corrected chi connectivity index (χ2v) is 4.98. The molecule has 0 aromatic carbocycles. The highest BCUT2D eigenvalue weighted by molar-refractivity contribution is 5.99. The fraction of sp³-hybridized carbons (Fsp3) is 0.267. The van der Waals surface area contributed by atoms with Crippen LogP contribution in [0.1, 0.15) is 44.6 Å². The Bertz CT molecular complexity index is 756. The molecule has 3 N–H and O–H groups in total. The largest absolute Gasteiger partial charge is 0.356 e. The molecule has 0 aliphatic rings. The number of nitrogens with one attached hydrogen (secondary N) is 3. The van der Waals surface area contributed by atoms with Gasteiger partial charge in [-0.05, 0) is 38.5 Å². The van der Waals surface area contributed by atoms with Gasteiger partial charge in [-0.25, -0.2) is 0 Å². The molecule has 0 fully saturated rings. The van der Waals surface area contributed by atoms with E-state index in [1.165, 1.54) is 19.2 Å². The van der Waals surface area contributed by atoms with Crippen molar-refractivity contribution in [2.24, 2.45) is 0 Å². The Labute approximate surface area is 121 Å². The van der Waals surface area contributed by atoms with E-state index in [-0.39, 0.29) is 23.8 Å². The molecular weight excluding hydrogens is 270 g/mol. The summed E-state index contributed by atoms with van der Waals surface area (Å²) in [6, 6.07) is 3.34. The molecule has 21 heavy (non-hydrogen) atoms. The molecule has 2 heterocycles. The number of Topliss-reactive ketones (excluding diaryl/α,β-unsaturated/α-hetero) is 1. The molecule has 0 atom stereocenters. The first-order valence-corrected chi connectivity index (χ1v) is 6.55. The Morgan fingerprint density at radius 2 is 1.95 bits per heavy atom. The summed E-state index contributed by atoms with van der Waals surface area (Å²) in [6.45, 7) is 5.19. The Kier molecular flexibility index (Phi) is 4.07. The molecule has 0 aliphatic heterocycles. The van der Waals surface area contributed by atoms with Crippen molar-refractivity contribution in [3.05, 3.63) is 56.8 Å². The SMILES string of the molecule is CC(=O)c1c[nH]c(C(=O)NCc2c(C)cc(C)[nH]c2=O)c1. The van der Waals surface area contributed by atoms with Gasteiger partial charge in [0.25, 0.3) is 11.5 Å². The Hall–Kier alpha value is -2.63. The minimum Gasteiger partial charge on any atom is -0.356 e. The lowest BCUT2D eigenvalue weighted by atomic mass is 10.1. The number of amides is 1. The average Bonchev–Trinajstić information content (AvgIpc) is 2.86. The van der Waals surface area contributed by atoms with E-state index in [4.69, 9.17) is 0 Å². The van der Waals surface area contributed by atoms with Crippen LogP contribution in [0, 0.1) is 13.8 Å². The van der Waals surface area contributed by atoms with E-state index >= 15 is 0 Å². The van der Waals surface area contributed by atoms with Crippen molar-refractivity contribution >= 4 is 11.7 Å². The first kappa shape index (κ1) is 14.8. The van der Waals surface area contributed by atoms with Crippen LogP contribution in [-0.2, 0) is 6.54 Å². The number of aromatic amines is 2. The summed E-state index contributed by atoms with van der Waals surface area (Å²) < 4.78 is 0. The lowest BCUT2D eigenvalue weighted by molar-refractivity contribution is 0.0946. The van der Waals surface area contributed by atoms with Gasteiger partial charge in [-0.3, -0.25) is 14.4 Å². The van der Waals surface area contributed by atoms with Gasteiger partial charge in [0.15, 0.2) is 5.78 Å². The normalized spacial score (nSPS) is 10.4. The van der Waals surface area contributed by atoms with E-state index in [2.05, 4.69) is 15.3 Å². The molecule has 6 nitrogen and oxygen atoms in total. The van der Waals surface area contributed by atoms with Crippen molar-refractivity contribution in [3.8, 4) is 0 Å². The number of pyridine rings is 1. The standard InChI is InChI=1S/C15H17N3O3/c1-8-4-9(2)18-14(20)12(8)7-17-15(21)13-5-11(6-16-13)10(3)19/h4-6,16H,7H2,1-3H3,(H,17,21)(H,18,20). The summed E-state index contributed by atoms with van der Waals surface area (Å²) in [5, 5.41) is 2.67. The van der Waals surface area contributed by atoms with Crippen LogP contribution in [0.2, 0.25) is 0 Å². The fourth-order valence-electron chi connectivity index (χ4n) is 2.09. The molecule has 0 saturated carbocycles. The molecular formula is C15H17N3O3. The highest BCUT2D eigenvalue weighted by Gasteiger charge is 2.12. The van der Waals surface area contributed by atoms with Gasteiger partial charge in [0.2, 0.25) is 0 Å². The fourth-order valence-corrected chi connectivity index (χ4v) is 2.09. The zero-order chi connectivity index (χ0) is 15.6. The number of H-pyrrole nitrogens is 2. The summed E-state index contributed by atoms with van der Waals surface area (Å²) in [6.07, 6.45) is 1.49. The number of hydrogen-bond donors (Lipinski definition) is 3. The minimum absolute atomic E-state index is 0.115. The van der Waals surface area contributed by atoms with Crippen LogP contribution in [-0.4, -0.2) is 21.7 Å². The highest BCUT2D eigenvalue weighted by Crippen LogP contribution is 2.06. The molecule has 0 aliphatic carbocycles. The maximum absolute atomic E-state index is 12.0. The van der Waals surface area contributed by atoms with E-state index in [9.17, 15) is 14.4 Å². The number of carbonyl (C=O) groups is 2. The molecule has 2 rings (SSSR count). The predicted octanol–water partition coefficient (Wildman–Crippen LogP) is 1.45. The van der Waals surface area contributed by atoms with Gasteiger partial charge in [-0.15, -0.1) is 0 Å². The van der Waals surface area contributed by atoms with Gasteiger partial charge in [-0.1, -0.05) is 0 Å². The van der Waals surface area contributed by atoms with E-state index in [0.29, 0.717) is 16.8 Å². The molecule has 1 amide bonds. The van der Waals surface area contributed by atoms with Gasteiger partial charge < -0.3 is 15.3 Å². The van der Waals surface area contributed by atoms with Crippen molar-refractivity contribution < 1.29 is 9.59 Å². The first-order chi connectivity index (χ1) is 9.88. The highest BCUT2D eigenvalue weighted by atomic mass is 16.2. The monoisotopic (exact) mass is 287 g/mol. The van der Waals surface area contributed by atoms with Crippen LogP contribution in [0.3, 0.4) is 0 Å². The number of hydrogen-bond acceptors (Lipinski definition) is 3. The average molecular weight is 287 g/mol. The van der Waals surface area contributed by atoms with E-state index < -0.39 is 0 Å². The van der Waals surface area contributed by atoms with Crippen molar-refractivity contribution in [1.82, 2.24) is 15.3 Å². The summed E-state index contributed by atoms with van der Waals surface area (Å²) in [5.74, 6) is -0.474. The number of aryl methyl sites for hydroxylation is 2. The van der Waals surface area contributed by atoms with Crippen LogP contribution in [0.5, 0.6) is 0 Å². The molecule has 0 saturated heterocycles. The second-order valence-electron chi connectivity index (χ2n) is 4.98. The van der Waals surface area contributed by atoms with Crippen molar-refractivity contribution in [1.29, 1.82) is 0 Å². The Balaban J connectivity index is 2.11. The van der Waals surface area contributed by atoms with Crippen LogP contribution in [0.4, 0.5) is 0 Å². The van der Waals surface area contributed by atoms with Crippen LogP contribution >= 0.6 is 0 Å². The topological polar surface area (TPSA) is 94.8 Å². The van der Waals surface area contributed by atoms with Gasteiger partial charge in [0.1, 0.15) is 5.69 Å². The summed E-state index contributed by atoms with van der Waals surface area (Å²) in [5.41, 5.74) is 2.66. The summed E-state index contributed by atoms with van der Waals surface area (Å²) in [7, 11) is 0.